The third-order valence-electron chi connectivity index (χ3n) is 3.50. The number of aromatic nitrogens is 1. The van der Waals surface area contributed by atoms with Gasteiger partial charge in [-0.05, 0) is 12.1 Å². The lowest BCUT2D eigenvalue weighted by atomic mass is 10.1. The molecule has 1 aromatic heterocycles. The van der Waals surface area contributed by atoms with Crippen molar-refractivity contribution in [1.29, 1.82) is 0 Å². The fourth-order valence-corrected chi connectivity index (χ4v) is 2.44. The first-order valence-corrected chi connectivity index (χ1v) is 6.56. The first kappa shape index (κ1) is 13.9. The van der Waals surface area contributed by atoms with Crippen molar-refractivity contribution < 1.29 is 19.5 Å². The Morgan fingerprint density at radius 1 is 1.32 bits per heavy atom. The molecule has 0 atom stereocenters. The SMILES string of the molecule is CN1C(=O)N/C(=C/c2cn(CC(=O)[O-])c3ccccc23)C1=O. The van der Waals surface area contributed by atoms with Crippen LogP contribution < -0.4 is 10.4 Å². The van der Waals surface area contributed by atoms with E-state index < -0.39 is 17.9 Å². The summed E-state index contributed by atoms with van der Waals surface area (Å²) in [4.78, 5) is 35.2. The van der Waals surface area contributed by atoms with Crippen molar-refractivity contribution in [3.63, 3.8) is 0 Å². The van der Waals surface area contributed by atoms with E-state index in [9.17, 15) is 19.5 Å². The maximum atomic E-state index is 11.9. The van der Waals surface area contributed by atoms with Crippen LogP contribution in [0.5, 0.6) is 0 Å². The van der Waals surface area contributed by atoms with Gasteiger partial charge in [0.05, 0.1) is 12.5 Å². The van der Waals surface area contributed by atoms with Crippen LogP contribution in [0.4, 0.5) is 4.79 Å². The zero-order chi connectivity index (χ0) is 15.9. The zero-order valence-corrected chi connectivity index (χ0v) is 11.7. The number of urea groups is 1. The number of carboxylic acids is 1. The highest BCUT2D eigenvalue weighted by atomic mass is 16.4. The molecular formula is C15H12N3O4-. The van der Waals surface area contributed by atoms with Crippen molar-refractivity contribution in [2.75, 3.05) is 7.05 Å². The van der Waals surface area contributed by atoms with E-state index in [1.807, 2.05) is 12.1 Å². The molecule has 7 heteroatoms. The molecule has 0 radical (unpaired) electrons. The second kappa shape index (κ2) is 5.03. The lowest BCUT2D eigenvalue weighted by molar-refractivity contribution is -0.306. The Labute approximate surface area is 125 Å². The molecule has 1 fully saturated rings. The van der Waals surface area contributed by atoms with Gasteiger partial charge in [-0.15, -0.1) is 0 Å². The number of likely N-dealkylation sites (N-methyl/N-ethyl adjacent to an activating group) is 1. The van der Waals surface area contributed by atoms with Gasteiger partial charge in [-0.2, -0.15) is 0 Å². The van der Waals surface area contributed by atoms with Crippen LogP contribution in [-0.4, -0.2) is 34.4 Å². The molecule has 3 rings (SSSR count). The lowest BCUT2D eigenvalue weighted by Gasteiger charge is -2.04. The monoisotopic (exact) mass is 298 g/mol. The molecule has 1 N–H and O–H groups in total. The summed E-state index contributed by atoms with van der Waals surface area (Å²) in [6.07, 6.45) is 3.16. The van der Waals surface area contributed by atoms with Gasteiger partial charge in [0.25, 0.3) is 5.91 Å². The fourth-order valence-electron chi connectivity index (χ4n) is 2.44. The third-order valence-corrected chi connectivity index (χ3v) is 3.50. The summed E-state index contributed by atoms with van der Waals surface area (Å²) in [5, 5.41) is 14.1. The van der Waals surface area contributed by atoms with Crippen LogP contribution in [0.15, 0.2) is 36.2 Å². The Bertz CT molecular complexity index is 834. The molecule has 112 valence electrons. The number of nitrogens with zero attached hydrogens (tertiary/aromatic N) is 2. The van der Waals surface area contributed by atoms with Gasteiger partial charge in [0, 0.05) is 29.7 Å². The average molecular weight is 298 g/mol. The van der Waals surface area contributed by atoms with E-state index in [1.54, 1.807) is 18.3 Å². The molecule has 0 aliphatic carbocycles. The van der Waals surface area contributed by atoms with Crippen LogP contribution in [-0.2, 0) is 16.1 Å². The van der Waals surface area contributed by atoms with Crippen LogP contribution in [0.25, 0.3) is 17.0 Å². The number of imide groups is 1. The van der Waals surface area contributed by atoms with Gasteiger partial charge in [-0.1, -0.05) is 18.2 Å². The molecule has 1 saturated heterocycles. The number of hydrogen-bond donors (Lipinski definition) is 1. The summed E-state index contributed by atoms with van der Waals surface area (Å²) in [6.45, 7) is -0.288. The molecule has 0 unspecified atom stereocenters. The minimum atomic E-state index is -1.20. The minimum absolute atomic E-state index is 0.156. The van der Waals surface area contributed by atoms with Crippen LogP contribution in [0.1, 0.15) is 5.56 Å². The van der Waals surface area contributed by atoms with Gasteiger partial charge in [0.15, 0.2) is 0 Å². The number of hydrogen-bond acceptors (Lipinski definition) is 4. The summed E-state index contributed by atoms with van der Waals surface area (Å²) < 4.78 is 1.53. The molecule has 2 heterocycles. The molecule has 0 spiro atoms. The number of carbonyl (C=O) groups is 3. The lowest BCUT2D eigenvalue weighted by Crippen LogP contribution is -2.27. The average Bonchev–Trinajstić information content (AvgIpc) is 2.93. The van der Waals surface area contributed by atoms with Crippen molar-refractivity contribution in [2.45, 2.75) is 6.54 Å². The number of amides is 3. The number of carbonyl (C=O) groups excluding carboxylic acids is 3. The van der Waals surface area contributed by atoms with Crippen molar-refractivity contribution in [2.24, 2.45) is 0 Å². The van der Waals surface area contributed by atoms with E-state index in [0.717, 1.165) is 10.3 Å². The smallest absolute Gasteiger partial charge is 0.328 e. The number of benzene rings is 1. The largest absolute Gasteiger partial charge is 0.548 e. The normalized spacial score (nSPS) is 16.6. The Kier molecular flexibility index (Phi) is 3.17. The van der Waals surface area contributed by atoms with E-state index in [4.69, 9.17) is 0 Å². The van der Waals surface area contributed by atoms with Crippen molar-refractivity contribution in [3.8, 4) is 0 Å². The molecule has 0 bridgehead atoms. The Morgan fingerprint density at radius 3 is 2.68 bits per heavy atom. The highest BCUT2D eigenvalue weighted by Crippen LogP contribution is 2.24. The predicted molar refractivity (Wildman–Crippen MR) is 76.2 cm³/mol. The highest BCUT2D eigenvalue weighted by molar-refractivity contribution is 6.14. The maximum Gasteiger partial charge on any atom is 0.328 e. The number of aliphatic carboxylic acids is 1. The number of para-hydroxylation sites is 1. The third kappa shape index (κ3) is 2.22. The summed E-state index contributed by atoms with van der Waals surface area (Å²) in [5.41, 5.74) is 1.52. The van der Waals surface area contributed by atoms with Gasteiger partial charge < -0.3 is 19.8 Å². The summed E-state index contributed by atoms with van der Waals surface area (Å²) in [7, 11) is 1.39. The quantitative estimate of drug-likeness (QED) is 0.633. The number of carboxylic acid groups (broad SMARTS) is 1. The first-order valence-electron chi connectivity index (χ1n) is 6.56. The Morgan fingerprint density at radius 2 is 2.05 bits per heavy atom. The van der Waals surface area contributed by atoms with Gasteiger partial charge >= 0.3 is 6.03 Å². The number of fused-ring (bicyclic) bond motifs is 1. The van der Waals surface area contributed by atoms with Crippen molar-refractivity contribution in [1.82, 2.24) is 14.8 Å². The van der Waals surface area contributed by atoms with Crippen LogP contribution in [0.2, 0.25) is 0 Å². The van der Waals surface area contributed by atoms with Gasteiger partial charge in [-0.25, -0.2) is 4.79 Å². The Hall–Kier alpha value is -3.09. The van der Waals surface area contributed by atoms with E-state index in [2.05, 4.69) is 5.32 Å². The summed E-state index contributed by atoms with van der Waals surface area (Å²) in [6, 6.07) is 6.71. The number of rotatable bonds is 3. The van der Waals surface area contributed by atoms with E-state index in [0.29, 0.717) is 11.1 Å². The van der Waals surface area contributed by atoms with E-state index in [1.165, 1.54) is 17.7 Å². The van der Waals surface area contributed by atoms with E-state index in [-0.39, 0.29) is 12.2 Å². The standard InChI is InChI=1S/C15H13N3O4/c1-17-14(21)11(16-15(17)22)6-9-7-18(8-13(19)20)12-5-3-2-4-10(9)12/h2-7H,8H2,1H3,(H,16,22)(H,19,20)/p-1/b11-6+. The highest BCUT2D eigenvalue weighted by Gasteiger charge is 2.30. The van der Waals surface area contributed by atoms with Crippen molar-refractivity contribution in [3.05, 3.63) is 41.7 Å². The van der Waals surface area contributed by atoms with Gasteiger partial charge in [-0.3, -0.25) is 9.69 Å². The molecule has 2 aromatic rings. The molecule has 1 aliphatic rings. The van der Waals surface area contributed by atoms with Crippen molar-refractivity contribution >= 4 is 34.9 Å². The maximum absolute atomic E-state index is 11.9. The van der Waals surface area contributed by atoms with Crippen LogP contribution in [0.3, 0.4) is 0 Å². The second-order valence-electron chi connectivity index (χ2n) is 4.95. The van der Waals surface area contributed by atoms with E-state index >= 15 is 0 Å². The van der Waals surface area contributed by atoms with Gasteiger partial charge in [0.2, 0.25) is 0 Å². The first-order chi connectivity index (χ1) is 10.5. The topological polar surface area (TPSA) is 94.5 Å². The molecule has 3 amide bonds. The molecule has 7 nitrogen and oxygen atoms in total. The molecular weight excluding hydrogens is 286 g/mol. The minimum Gasteiger partial charge on any atom is -0.548 e. The Balaban J connectivity index is 2.10. The zero-order valence-electron chi connectivity index (χ0n) is 11.7. The fraction of sp³-hybridized carbons (Fsp3) is 0.133. The van der Waals surface area contributed by atoms with Crippen LogP contribution >= 0.6 is 0 Å². The predicted octanol–water partition coefficient (Wildman–Crippen LogP) is -0.0863. The summed E-state index contributed by atoms with van der Waals surface area (Å²) >= 11 is 0. The van der Waals surface area contributed by atoms with Gasteiger partial charge in [0.1, 0.15) is 5.70 Å². The molecule has 22 heavy (non-hydrogen) atoms. The molecule has 0 saturated carbocycles. The summed E-state index contributed by atoms with van der Waals surface area (Å²) in [5.74, 6) is -1.63. The number of nitrogens with one attached hydrogen (secondary N) is 1. The molecule has 1 aromatic carbocycles. The second-order valence-corrected chi connectivity index (χ2v) is 4.95. The molecule has 1 aliphatic heterocycles. The van der Waals surface area contributed by atoms with Crippen LogP contribution in [0, 0.1) is 0 Å².